The van der Waals surface area contributed by atoms with Crippen LogP contribution < -0.4 is 19.5 Å². The summed E-state index contributed by atoms with van der Waals surface area (Å²) in [7, 11) is 3.31. The molecular weight excluding hydrogens is 278 g/mol. The van der Waals surface area contributed by atoms with Crippen molar-refractivity contribution < 1.29 is 14.2 Å². The van der Waals surface area contributed by atoms with E-state index in [2.05, 4.69) is 5.32 Å². The van der Waals surface area contributed by atoms with E-state index in [9.17, 15) is 0 Å². The summed E-state index contributed by atoms with van der Waals surface area (Å²) in [6, 6.07) is 15.7. The van der Waals surface area contributed by atoms with Crippen molar-refractivity contribution in [2.24, 2.45) is 0 Å². The molecule has 0 spiro atoms. The van der Waals surface area contributed by atoms with Crippen molar-refractivity contribution >= 4 is 5.69 Å². The summed E-state index contributed by atoms with van der Waals surface area (Å²) in [4.78, 5) is 0. The van der Waals surface area contributed by atoms with Gasteiger partial charge in [0.2, 0.25) is 0 Å². The summed E-state index contributed by atoms with van der Waals surface area (Å²) >= 11 is 0. The first-order valence-corrected chi connectivity index (χ1v) is 7.47. The minimum Gasteiger partial charge on any atom is -0.497 e. The zero-order valence-corrected chi connectivity index (χ0v) is 13.2. The highest BCUT2D eigenvalue weighted by Crippen LogP contribution is 2.28. The number of anilines is 1. The summed E-state index contributed by atoms with van der Waals surface area (Å²) in [5.41, 5.74) is 0.979. The summed E-state index contributed by atoms with van der Waals surface area (Å²) in [6.45, 7) is 1.60. The Balaban J connectivity index is 1.68. The Morgan fingerprint density at radius 1 is 0.864 bits per heavy atom. The van der Waals surface area contributed by atoms with E-state index < -0.39 is 0 Å². The van der Waals surface area contributed by atoms with E-state index in [0.29, 0.717) is 0 Å². The van der Waals surface area contributed by atoms with Gasteiger partial charge in [-0.25, -0.2) is 0 Å². The third-order valence-electron chi connectivity index (χ3n) is 3.31. The second-order valence-corrected chi connectivity index (χ2v) is 4.86. The van der Waals surface area contributed by atoms with Gasteiger partial charge in [0.25, 0.3) is 0 Å². The number of rotatable bonds is 9. The molecule has 0 aliphatic rings. The molecule has 2 aromatic carbocycles. The third kappa shape index (κ3) is 4.88. The van der Waals surface area contributed by atoms with Crippen molar-refractivity contribution in [1.82, 2.24) is 0 Å². The molecule has 0 aliphatic heterocycles. The molecule has 2 aromatic rings. The topological polar surface area (TPSA) is 39.7 Å². The first-order chi connectivity index (χ1) is 10.8. The van der Waals surface area contributed by atoms with Gasteiger partial charge >= 0.3 is 0 Å². The first-order valence-electron chi connectivity index (χ1n) is 7.47. The Morgan fingerprint density at radius 3 is 2.41 bits per heavy atom. The van der Waals surface area contributed by atoms with Crippen molar-refractivity contribution in [2.75, 3.05) is 32.7 Å². The van der Waals surface area contributed by atoms with Crippen molar-refractivity contribution in [3.8, 4) is 17.2 Å². The van der Waals surface area contributed by atoms with E-state index in [1.807, 2.05) is 48.5 Å². The van der Waals surface area contributed by atoms with Crippen LogP contribution in [0.15, 0.2) is 48.5 Å². The fourth-order valence-corrected chi connectivity index (χ4v) is 2.10. The van der Waals surface area contributed by atoms with E-state index in [4.69, 9.17) is 14.2 Å². The smallest absolute Gasteiger partial charge is 0.145 e. The molecule has 2 rings (SSSR count). The highest BCUT2D eigenvalue weighted by molar-refractivity contribution is 5.59. The van der Waals surface area contributed by atoms with E-state index in [1.165, 1.54) is 0 Å². The molecule has 0 saturated carbocycles. The number of nitrogens with one attached hydrogen (secondary N) is 1. The molecule has 4 heteroatoms. The average Bonchev–Trinajstić information content (AvgIpc) is 2.59. The predicted molar refractivity (Wildman–Crippen MR) is 89.2 cm³/mol. The van der Waals surface area contributed by atoms with Crippen LogP contribution in [0.5, 0.6) is 17.2 Å². The molecule has 118 valence electrons. The lowest BCUT2D eigenvalue weighted by Gasteiger charge is -2.12. The Labute approximate surface area is 132 Å². The molecule has 0 atom stereocenters. The highest BCUT2D eigenvalue weighted by Gasteiger charge is 2.04. The molecule has 0 aromatic heterocycles. The maximum Gasteiger partial charge on any atom is 0.145 e. The predicted octanol–water partition coefficient (Wildman–Crippen LogP) is 3.97. The van der Waals surface area contributed by atoms with Gasteiger partial charge in [-0.05, 0) is 37.1 Å². The normalized spacial score (nSPS) is 10.1. The molecule has 0 aliphatic carbocycles. The standard InChI is InChI=1S/C18H23NO3/c1-20-16-10-11-17(18(14-16)21-2)19-12-6-7-13-22-15-8-4-3-5-9-15/h3-5,8-11,14,19H,6-7,12-13H2,1-2H3. The van der Waals surface area contributed by atoms with Crippen LogP contribution in [0.25, 0.3) is 0 Å². The zero-order valence-electron chi connectivity index (χ0n) is 13.2. The summed E-state index contributed by atoms with van der Waals surface area (Å²) < 4.78 is 16.2. The Kier molecular flexibility index (Phi) is 6.42. The van der Waals surface area contributed by atoms with E-state index in [0.717, 1.165) is 48.9 Å². The first kappa shape index (κ1) is 16.0. The molecule has 0 amide bonds. The lowest BCUT2D eigenvalue weighted by molar-refractivity contribution is 0.308. The van der Waals surface area contributed by atoms with Gasteiger partial charge in [-0.3, -0.25) is 0 Å². The number of ether oxygens (including phenoxy) is 3. The number of hydrogen-bond acceptors (Lipinski definition) is 4. The van der Waals surface area contributed by atoms with Gasteiger partial charge in [0, 0.05) is 12.6 Å². The minimum atomic E-state index is 0.728. The molecular formula is C18H23NO3. The van der Waals surface area contributed by atoms with Crippen LogP contribution in [0.3, 0.4) is 0 Å². The molecule has 0 heterocycles. The lowest BCUT2D eigenvalue weighted by Crippen LogP contribution is -2.06. The molecule has 0 bridgehead atoms. The van der Waals surface area contributed by atoms with E-state index in [1.54, 1.807) is 14.2 Å². The molecule has 22 heavy (non-hydrogen) atoms. The second-order valence-electron chi connectivity index (χ2n) is 4.86. The fraction of sp³-hybridized carbons (Fsp3) is 0.333. The largest absolute Gasteiger partial charge is 0.497 e. The molecule has 1 N–H and O–H groups in total. The van der Waals surface area contributed by atoms with Crippen LogP contribution in [0, 0.1) is 0 Å². The molecule has 0 fully saturated rings. The van der Waals surface area contributed by atoms with Crippen LogP contribution in [0.4, 0.5) is 5.69 Å². The maximum atomic E-state index is 5.66. The Hall–Kier alpha value is -2.36. The van der Waals surface area contributed by atoms with Gasteiger partial charge in [-0.1, -0.05) is 18.2 Å². The number of methoxy groups -OCH3 is 2. The number of unbranched alkanes of at least 4 members (excludes halogenated alkanes) is 1. The van der Waals surface area contributed by atoms with Crippen LogP contribution in [-0.2, 0) is 0 Å². The zero-order chi connectivity index (χ0) is 15.6. The number of para-hydroxylation sites is 1. The lowest BCUT2D eigenvalue weighted by atomic mass is 10.2. The minimum absolute atomic E-state index is 0.728. The second kappa shape index (κ2) is 8.82. The van der Waals surface area contributed by atoms with Crippen LogP contribution in [0.1, 0.15) is 12.8 Å². The summed E-state index contributed by atoms with van der Waals surface area (Å²) in [5, 5.41) is 3.38. The van der Waals surface area contributed by atoms with Gasteiger partial charge < -0.3 is 19.5 Å². The van der Waals surface area contributed by atoms with E-state index in [-0.39, 0.29) is 0 Å². The van der Waals surface area contributed by atoms with Crippen molar-refractivity contribution in [2.45, 2.75) is 12.8 Å². The van der Waals surface area contributed by atoms with Crippen LogP contribution in [-0.4, -0.2) is 27.4 Å². The number of benzene rings is 2. The van der Waals surface area contributed by atoms with Gasteiger partial charge in [0.05, 0.1) is 26.5 Å². The van der Waals surface area contributed by atoms with Crippen molar-refractivity contribution in [1.29, 1.82) is 0 Å². The maximum absolute atomic E-state index is 5.66. The van der Waals surface area contributed by atoms with Crippen molar-refractivity contribution in [3.05, 3.63) is 48.5 Å². The van der Waals surface area contributed by atoms with Gasteiger partial charge in [0.15, 0.2) is 0 Å². The monoisotopic (exact) mass is 301 g/mol. The molecule has 4 nitrogen and oxygen atoms in total. The van der Waals surface area contributed by atoms with Gasteiger partial charge in [-0.2, -0.15) is 0 Å². The average molecular weight is 301 g/mol. The third-order valence-corrected chi connectivity index (χ3v) is 3.31. The molecule has 0 radical (unpaired) electrons. The fourth-order valence-electron chi connectivity index (χ4n) is 2.10. The molecule has 0 unspecified atom stereocenters. The quantitative estimate of drug-likeness (QED) is 0.711. The van der Waals surface area contributed by atoms with Crippen molar-refractivity contribution in [3.63, 3.8) is 0 Å². The highest BCUT2D eigenvalue weighted by atomic mass is 16.5. The SMILES string of the molecule is COc1ccc(NCCCCOc2ccccc2)c(OC)c1. The summed E-state index contributed by atoms with van der Waals surface area (Å²) in [5.74, 6) is 2.51. The van der Waals surface area contributed by atoms with E-state index >= 15 is 0 Å². The van der Waals surface area contributed by atoms with Crippen LogP contribution >= 0.6 is 0 Å². The van der Waals surface area contributed by atoms with Crippen LogP contribution in [0.2, 0.25) is 0 Å². The number of hydrogen-bond donors (Lipinski definition) is 1. The Morgan fingerprint density at radius 2 is 1.68 bits per heavy atom. The molecule has 0 saturated heterocycles. The van der Waals surface area contributed by atoms with Gasteiger partial charge in [0.1, 0.15) is 17.2 Å². The van der Waals surface area contributed by atoms with Gasteiger partial charge in [-0.15, -0.1) is 0 Å². The summed E-state index contributed by atoms with van der Waals surface area (Å²) in [6.07, 6.45) is 2.03. The Bertz CT molecular complexity index is 558.